The molecule has 0 aliphatic carbocycles. The fourth-order valence-electron chi connectivity index (χ4n) is 0.710. The lowest BCUT2D eigenvalue weighted by Crippen LogP contribution is -2.59. The maximum Gasteiger partial charge on any atom is 0.217 e. The van der Waals surface area contributed by atoms with Crippen molar-refractivity contribution in [1.29, 1.82) is 0 Å². The number of aliphatic hydroxyl groups is 2. The topological polar surface area (TPSA) is 86.6 Å². The minimum Gasteiger partial charge on any atom is -0.394 e. The molecule has 2 unspecified atom stereocenters. The normalized spacial score (nSPS) is 19.7. The van der Waals surface area contributed by atoms with E-state index in [2.05, 4.69) is 4.72 Å². The zero-order valence-corrected chi connectivity index (χ0v) is 10.7. The van der Waals surface area contributed by atoms with Crippen LogP contribution in [0, 0.1) is 0 Å². The fourth-order valence-corrected chi connectivity index (χ4v) is 1.86. The molecule has 0 spiro atoms. The summed E-state index contributed by atoms with van der Waals surface area (Å²) in [5.41, 5.74) is -1.24. The Balaban J connectivity index is 5.03. The molecule has 2 atom stereocenters. The number of nitrogens with one attached hydrogen (secondary N) is 1. The highest BCUT2D eigenvalue weighted by atomic mass is 32.2. The molecule has 0 heterocycles. The van der Waals surface area contributed by atoms with Gasteiger partial charge in [-0.25, -0.2) is 13.1 Å². The average molecular weight is 239 g/mol. The van der Waals surface area contributed by atoms with E-state index in [1.54, 1.807) is 20.8 Å². The van der Waals surface area contributed by atoms with Gasteiger partial charge in [0.1, 0.15) is 0 Å². The zero-order valence-electron chi connectivity index (χ0n) is 9.90. The largest absolute Gasteiger partial charge is 0.394 e. The van der Waals surface area contributed by atoms with Gasteiger partial charge in [-0.05, 0) is 34.6 Å². The van der Waals surface area contributed by atoms with E-state index < -0.39 is 33.0 Å². The van der Waals surface area contributed by atoms with E-state index in [9.17, 15) is 13.5 Å². The molecule has 0 aliphatic rings. The molecule has 0 bridgehead atoms. The first-order valence-electron chi connectivity index (χ1n) is 4.79. The van der Waals surface area contributed by atoms with Gasteiger partial charge in [0.2, 0.25) is 10.0 Å². The predicted octanol–water partition coefficient (Wildman–Crippen LogP) is -0.164. The third kappa shape index (κ3) is 3.41. The molecular weight excluding hydrogens is 218 g/mol. The van der Waals surface area contributed by atoms with E-state index >= 15 is 0 Å². The second-order valence-corrected chi connectivity index (χ2v) is 7.41. The summed E-state index contributed by atoms with van der Waals surface area (Å²) in [6.07, 6.45) is -0.973. The van der Waals surface area contributed by atoms with Gasteiger partial charge in [0, 0.05) is 0 Å². The van der Waals surface area contributed by atoms with Crippen LogP contribution in [-0.2, 0) is 10.0 Å². The molecule has 6 heteroatoms. The van der Waals surface area contributed by atoms with Crippen molar-refractivity contribution in [2.75, 3.05) is 6.61 Å². The smallest absolute Gasteiger partial charge is 0.217 e. The van der Waals surface area contributed by atoms with Gasteiger partial charge in [0.15, 0.2) is 0 Å². The number of hydrogen-bond donors (Lipinski definition) is 3. The molecule has 0 aromatic heterocycles. The molecule has 0 radical (unpaired) electrons. The molecule has 0 saturated carbocycles. The van der Waals surface area contributed by atoms with Crippen molar-refractivity contribution in [2.24, 2.45) is 0 Å². The zero-order chi connectivity index (χ0) is 12.5. The van der Waals surface area contributed by atoms with Gasteiger partial charge < -0.3 is 10.2 Å². The molecule has 0 aromatic rings. The van der Waals surface area contributed by atoms with Crippen LogP contribution in [0.5, 0.6) is 0 Å². The van der Waals surface area contributed by atoms with Gasteiger partial charge in [-0.1, -0.05) is 0 Å². The maximum atomic E-state index is 11.8. The Kier molecular flexibility index (Phi) is 4.32. The second kappa shape index (κ2) is 4.37. The molecule has 92 valence electrons. The van der Waals surface area contributed by atoms with Crippen molar-refractivity contribution in [3.05, 3.63) is 0 Å². The number of aliphatic hydroxyl groups excluding tert-OH is 2. The van der Waals surface area contributed by atoms with Crippen LogP contribution >= 0.6 is 0 Å². The molecule has 5 nitrogen and oxygen atoms in total. The summed E-state index contributed by atoms with van der Waals surface area (Å²) in [4.78, 5) is 0. The van der Waals surface area contributed by atoms with Crippen LogP contribution in [0.1, 0.15) is 34.6 Å². The van der Waals surface area contributed by atoms with E-state index in [1.165, 1.54) is 13.8 Å². The van der Waals surface area contributed by atoms with Crippen LogP contribution in [-0.4, -0.2) is 41.6 Å². The van der Waals surface area contributed by atoms with Crippen molar-refractivity contribution in [1.82, 2.24) is 4.72 Å². The Morgan fingerprint density at radius 1 is 1.27 bits per heavy atom. The predicted molar refractivity (Wildman–Crippen MR) is 59.0 cm³/mol. The summed E-state index contributed by atoms with van der Waals surface area (Å²) in [6.45, 7) is 7.09. The highest BCUT2D eigenvalue weighted by molar-refractivity contribution is 7.90. The summed E-state index contributed by atoms with van der Waals surface area (Å²) in [7, 11) is -3.58. The first kappa shape index (κ1) is 14.8. The van der Waals surface area contributed by atoms with Gasteiger partial charge in [-0.2, -0.15) is 0 Å². The number of sulfonamides is 1. The Morgan fingerprint density at radius 3 is 1.87 bits per heavy atom. The van der Waals surface area contributed by atoms with Crippen molar-refractivity contribution in [3.8, 4) is 0 Å². The molecule has 15 heavy (non-hydrogen) atoms. The molecule has 0 rings (SSSR count). The lowest BCUT2D eigenvalue weighted by atomic mass is 9.99. The van der Waals surface area contributed by atoms with Crippen molar-refractivity contribution < 1.29 is 18.6 Å². The van der Waals surface area contributed by atoms with Gasteiger partial charge >= 0.3 is 0 Å². The lowest BCUT2D eigenvalue weighted by Gasteiger charge is -2.34. The SMILES string of the molecule is CC(O)C(C)(CO)NS(=O)(=O)C(C)(C)C. The van der Waals surface area contributed by atoms with E-state index in [0.29, 0.717) is 0 Å². The van der Waals surface area contributed by atoms with E-state index in [4.69, 9.17) is 5.11 Å². The lowest BCUT2D eigenvalue weighted by molar-refractivity contribution is 0.0557. The summed E-state index contributed by atoms with van der Waals surface area (Å²) in [6, 6.07) is 0. The van der Waals surface area contributed by atoms with Gasteiger partial charge in [0.25, 0.3) is 0 Å². The van der Waals surface area contributed by atoms with Crippen molar-refractivity contribution >= 4 is 10.0 Å². The summed E-state index contributed by atoms with van der Waals surface area (Å²) < 4.78 is 25.0. The Bertz CT molecular complexity index is 305. The van der Waals surface area contributed by atoms with Gasteiger partial charge in [-0.3, -0.25) is 0 Å². The Labute approximate surface area is 91.6 Å². The van der Waals surface area contributed by atoms with Crippen LogP contribution < -0.4 is 4.72 Å². The summed E-state index contributed by atoms with van der Waals surface area (Å²) in [5.74, 6) is 0. The monoisotopic (exact) mass is 239 g/mol. The minimum atomic E-state index is -3.58. The molecule has 0 aliphatic heterocycles. The fraction of sp³-hybridized carbons (Fsp3) is 1.00. The molecule has 3 N–H and O–H groups in total. The molecule has 0 saturated heterocycles. The van der Waals surface area contributed by atoms with E-state index in [0.717, 1.165) is 0 Å². The van der Waals surface area contributed by atoms with Gasteiger partial charge in [0.05, 0.1) is 23.0 Å². The highest BCUT2D eigenvalue weighted by Gasteiger charge is 2.39. The average Bonchev–Trinajstić information content (AvgIpc) is 2.00. The van der Waals surface area contributed by atoms with E-state index in [-0.39, 0.29) is 0 Å². The summed E-state index contributed by atoms with van der Waals surface area (Å²) in [5, 5.41) is 18.5. The standard InChI is InChI=1S/C9H21NO4S/c1-7(12)9(5,6-11)10-15(13,14)8(2,3)4/h7,10-12H,6H2,1-5H3. The van der Waals surface area contributed by atoms with Crippen LogP contribution in [0.25, 0.3) is 0 Å². The van der Waals surface area contributed by atoms with Gasteiger partial charge in [-0.15, -0.1) is 0 Å². The molecule has 0 fully saturated rings. The van der Waals surface area contributed by atoms with Crippen LogP contribution in [0.4, 0.5) is 0 Å². The first-order valence-corrected chi connectivity index (χ1v) is 6.27. The first-order chi connectivity index (χ1) is 6.46. The minimum absolute atomic E-state index is 0.458. The number of rotatable bonds is 4. The van der Waals surface area contributed by atoms with Crippen molar-refractivity contribution in [3.63, 3.8) is 0 Å². The third-order valence-corrected chi connectivity index (χ3v) is 4.77. The maximum absolute atomic E-state index is 11.8. The third-order valence-electron chi connectivity index (χ3n) is 2.42. The highest BCUT2D eigenvalue weighted by Crippen LogP contribution is 2.19. The quantitative estimate of drug-likeness (QED) is 0.636. The number of hydrogen-bond acceptors (Lipinski definition) is 4. The molecule has 0 aromatic carbocycles. The Hall–Kier alpha value is -0.170. The van der Waals surface area contributed by atoms with Crippen LogP contribution in [0.2, 0.25) is 0 Å². The van der Waals surface area contributed by atoms with Crippen LogP contribution in [0.3, 0.4) is 0 Å². The second-order valence-electron chi connectivity index (χ2n) is 4.97. The molecular formula is C9H21NO4S. The Morgan fingerprint density at radius 2 is 1.67 bits per heavy atom. The summed E-state index contributed by atoms with van der Waals surface area (Å²) >= 11 is 0. The van der Waals surface area contributed by atoms with Crippen molar-refractivity contribution in [2.45, 2.75) is 51.0 Å². The molecule has 0 amide bonds. The van der Waals surface area contributed by atoms with Crippen LogP contribution in [0.15, 0.2) is 0 Å². The van der Waals surface area contributed by atoms with E-state index in [1.807, 2.05) is 0 Å².